The normalized spacial score (nSPS) is 10.8. The third kappa shape index (κ3) is 4.36. The van der Waals surface area contributed by atoms with Gasteiger partial charge in [-0.25, -0.2) is 4.98 Å². The molecule has 1 amide bonds. The molecule has 0 spiro atoms. The molecule has 2 aromatic heterocycles. The van der Waals surface area contributed by atoms with Gasteiger partial charge in [-0.1, -0.05) is 0 Å². The minimum atomic E-state index is -0.0909. The Morgan fingerprint density at radius 1 is 1.40 bits per heavy atom. The smallest absolute Gasteiger partial charge is 0.239 e. The Kier molecular flexibility index (Phi) is 4.75. The second-order valence-corrected chi connectivity index (χ2v) is 5.92. The first kappa shape index (κ1) is 14.5. The number of aromatic nitrogens is 3. The van der Waals surface area contributed by atoms with Crippen LogP contribution in [0.4, 0.5) is 5.82 Å². The fraction of sp³-hybridized carbons (Fsp3) is 0.385. The Labute approximate surface area is 121 Å². The van der Waals surface area contributed by atoms with Crippen molar-refractivity contribution in [2.75, 3.05) is 18.9 Å². The molecule has 0 aromatic carbocycles. The van der Waals surface area contributed by atoms with Gasteiger partial charge in [-0.15, -0.1) is 21.5 Å². The summed E-state index contributed by atoms with van der Waals surface area (Å²) in [5.41, 5.74) is 1.06. The molecule has 0 fully saturated rings. The third-order valence-corrected chi connectivity index (χ3v) is 3.39. The van der Waals surface area contributed by atoms with Crippen molar-refractivity contribution >= 4 is 23.1 Å². The van der Waals surface area contributed by atoms with E-state index in [0.717, 1.165) is 15.6 Å². The molecule has 2 rings (SSSR count). The zero-order valence-electron chi connectivity index (χ0n) is 11.8. The number of nitrogens with zero attached hydrogens (tertiary/aromatic N) is 4. The number of hydrogen-bond donors (Lipinski definition) is 1. The van der Waals surface area contributed by atoms with E-state index in [-0.39, 0.29) is 12.5 Å². The van der Waals surface area contributed by atoms with Crippen LogP contribution in [0.3, 0.4) is 0 Å². The van der Waals surface area contributed by atoms with Gasteiger partial charge in [-0.3, -0.25) is 9.69 Å². The Balaban J connectivity index is 1.84. The summed E-state index contributed by atoms with van der Waals surface area (Å²) >= 11 is 1.54. The Bertz CT molecular complexity index is 598. The largest absolute Gasteiger partial charge is 0.310 e. The van der Waals surface area contributed by atoms with Gasteiger partial charge in [-0.05, 0) is 38.6 Å². The van der Waals surface area contributed by atoms with Crippen LogP contribution in [0.15, 0.2) is 18.3 Å². The molecule has 0 aliphatic heterocycles. The van der Waals surface area contributed by atoms with Crippen molar-refractivity contribution in [3.05, 3.63) is 33.9 Å². The number of carbonyl (C=O) groups is 1. The fourth-order valence-corrected chi connectivity index (χ4v) is 2.51. The first-order valence-electron chi connectivity index (χ1n) is 6.23. The van der Waals surface area contributed by atoms with Crippen LogP contribution in [-0.4, -0.2) is 39.6 Å². The number of likely N-dealkylation sites (N-methyl/N-ethyl adjacent to an activating group) is 1. The maximum atomic E-state index is 11.9. The second-order valence-electron chi connectivity index (χ2n) is 4.65. The Hall–Kier alpha value is -1.86. The predicted octanol–water partition coefficient (Wildman–Crippen LogP) is 1.62. The molecule has 2 aromatic rings. The molecule has 0 aliphatic carbocycles. The van der Waals surface area contributed by atoms with E-state index in [1.807, 2.05) is 37.9 Å². The van der Waals surface area contributed by atoms with Crippen molar-refractivity contribution in [1.82, 2.24) is 20.1 Å². The van der Waals surface area contributed by atoms with Crippen LogP contribution in [0.2, 0.25) is 0 Å². The zero-order valence-corrected chi connectivity index (χ0v) is 12.6. The molecule has 0 radical (unpaired) electrons. The van der Waals surface area contributed by atoms with Crippen molar-refractivity contribution < 1.29 is 4.79 Å². The highest BCUT2D eigenvalue weighted by atomic mass is 32.1. The number of rotatable bonds is 5. The molecule has 106 valence electrons. The van der Waals surface area contributed by atoms with Gasteiger partial charge in [0.1, 0.15) is 15.8 Å². The molecule has 7 heteroatoms. The number of carbonyl (C=O) groups excluding carboxylic acids is 1. The van der Waals surface area contributed by atoms with Crippen molar-refractivity contribution in [2.24, 2.45) is 0 Å². The van der Waals surface area contributed by atoms with Gasteiger partial charge < -0.3 is 5.32 Å². The molecule has 0 bridgehead atoms. The van der Waals surface area contributed by atoms with Crippen molar-refractivity contribution in [1.29, 1.82) is 0 Å². The summed E-state index contributed by atoms with van der Waals surface area (Å²) < 4.78 is 0. The molecule has 0 aliphatic rings. The highest BCUT2D eigenvalue weighted by molar-refractivity contribution is 7.11. The zero-order chi connectivity index (χ0) is 14.5. The van der Waals surface area contributed by atoms with E-state index in [4.69, 9.17) is 0 Å². The first-order chi connectivity index (χ1) is 9.52. The summed E-state index contributed by atoms with van der Waals surface area (Å²) in [6.07, 6.45) is 1.68. The SMILES string of the molecule is Cc1ccnc(NC(=O)CN(C)Cc2nnc(C)s2)c1. The minimum Gasteiger partial charge on any atom is -0.310 e. The van der Waals surface area contributed by atoms with E-state index in [2.05, 4.69) is 20.5 Å². The topological polar surface area (TPSA) is 71.0 Å². The average molecular weight is 291 g/mol. The number of amides is 1. The molecule has 0 unspecified atom stereocenters. The third-order valence-electron chi connectivity index (χ3n) is 2.57. The highest BCUT2D eigenvalue weighted by Crippen LogP contribution is 2.10. The lowest BCUT2D eigenvalue weighted by Gasteiger charge is -2.14. The van der Waals surface area contributed by atoms with E-state index in [1.54, 1.807) is 17.5 Å². The summed E-state index contributed by atoms with van der Waals surface area (Å²) in [5.74, 6) is 0.488. The minimum absolute atomic E-state index is 0.0909. The number of pyridine rings is 1. The summed E-state index contributed by atoms with van der Waals surface area (Å²) in [7, 11) is 1.87. The summed E-state index contributed by atoms with van der Waals surface area (Å²) in [6, 6.07) is 3.73. The van der Waals surface area contributed by atoms with Gasteiger partial charge >= 0.3 is 0 Å². The van der Waals surface area contributed by atoms with Gasteiger partial charge in [0, 0.05) is 6.20 Å². The lowest BCUT2D eigenvalue weighted by atomic mass is 10.3. The van der Waals surface area contributed by atoms with Crippen LogP contribution in [0.25, 0.3) is 0 Å². The van der Waals surface area contributed by atoms with E-state index in [9.17, 15) is 4.79 Å². The monoisotopic (exact) mass is 291 g/mol. The first-order valence-corrected chi connectivity index (χ1v) is 7.04. The van der Waals surface area contributed by atoms with Gasteiger partial charge in [-0.2, -0.15) is 0 Å². The van der Waals surface area contributed by atoms with Crippen LogP contribution < -0.4 is 5.32 Å². The number of anilines is 1. The average Bonchev–Trinajstić information content (AvgIpc) is 2.74. The molecule has 1 N–H and O–H groups in total. The molecule has 0 saturated heterocycles. The quantitative estimate of drug-likeness (QED) is 0.906. The Morgan fingerprint density at radius 2 is 2.20 bits per heavy atom. The lowest BCUT2D eigenvalue weighted by Crippen LogP contribution is -2.30. The number of aryl methyl sites for hydroxylation is 2. The van der Waals surface area contributed by atoms with Crippen LogP contribution in [-0.2, 0) is 11.3 Å². The van der Waals surface area contributed by atoms with Crippen molar-refractivity contribution in [3.8, 4) is 0 Å². The van der Waals surface area contributed by atoms with Crippen LogP contribution in [0.5, 0.6) is 0 Å². The number of nitrogens with one attached hydrogen (secondary N) is 1. The van der Waals surface area contributed by atoms with Gasteiger partial charge in [0.2, 0.25) is 5.91 Å². The van der Waals surface area contributed by atoms with E-state index in [1.165, 1.54) is 0 Å². The second kappa shape index (κ2) is 6.53. The van der Waals surface area contributed by atoms with Crippen molar-refractivity contribution in [2.45, 2.75) is 20.4 Å². The fourth-order valence-electron chi connectivity index (χ4n) is 1.72. The van der Waals surface area contributed by atoms with Crippen LogP contribution >= 0.6 is 11.3 Å². The van der Waals surface area contributed by atoms with E-state index in [0.29, 0.717) is 12.4 Å². The summed E-state index contributed by atoms with van der Waals surface area (Å²) in [5, 5.41) is 12.6. The molecule has 2 heterocycles. The maximum absolute atomic E-state index is 11.9. The summed E-state index contributed by atoms with van der Waals surface area (Å²) in [6.45, 7) is 4.77. The molecule has 6 nitrogen and oxygen atoms in total. The van der Waals surface area contributed by atoms with E-state index < -0.39 is 0 Å². The molecule has 0 atom stereocenters. The predicted molar refractivity (Wildman–Crippen MR) is 78.6 cm³/mol. The highest BCUT2D eigenvalue weighted by Gasteiger charge is 2.10. The molecule has 0 saturated carbocycles. The Morgan fingerprint density at radius 3 is 2.85 bits per heavy atom. The van der Waals surface area contributed by atoms with Gasteiger partial charge in [0.05, 0.1) is 13.1 Å². The molecular formula is C13H17N5OS. The van der Waals surface area contributed by atoms with Crippen LogP contribution in [0.1, 0.15) is 15.6 Å². The van der Waals surface area contributed by atoms with Gasteiger partial charge in [0.25, 0.3) is 0 Å². The molecular weight excluding hydrogens is 274 g/mol. The number of hydrogen-bond acceptors (Lipinski definition) is 6. The van der Waals surface area contributed by atoms with Crippen LogP contribution in [0, 0.1) is 13.8 Å². The summed E-state index contributed by atoms with van der Waals surface area (Å²) in [4.78, 5) is 17.9. The molecule has 20 heavy (non-hydrogen) atoms. The van der Waals surface area contributed by atoms with Gasteiger partial charge in [0.15, 0.2) is 0 Å². The van der Waals surface area contributed by atoms with Crippen molar-refractivity contribution in [3.63, 3.8) is 0 Å². The lowest BCUT2D eigenvalue weighted by molar-refractivity contribution is -0.117. The standard InChI is InChI=1S/C13H17N5OS/c1-9-4-5-14-11(6-9)15-12(19)7-18(3)8-13-17-16-10(2)20-13/h4-6H,7-8H2,1-3H3,(H,14,15,19). The maximum Gasteiger partial charge on any atom is 0.239 e. The van der Waals surface area contributed by atoms with E-state index >= 15 is 0 Å².